The first kappa shape index (κ1) is 16.8. The molecule has 6 heteroatoms. The van der Waals surface area contributed by atoms with E-state index in [-0.39, 0.29) is 11.8 Å². The Morgan fingerprint density at radius 1 is 0.964 bits per heavy atom. The zero-order valence-electron chi connectivity index (χ0n) is 14.8. The van der Waals surface area contributed by atoms with Crippen LogP contribution < -0.4 is 10.6 Å². The van der Waals surface area contributed by atoms with E-state index >= 15 is 0 Å². The molecule has 5 rings (SSSR count). The molecule has 3 aromatic rings. The first-order valence-corrected chi connectivity index (χ1v) is 9.41. The largest absolute Gasteiger partial charge is 0.358 e. The molecule has 0 fully saturated rings. The molecule has 5 nitrogen and oxygen atoms in total. The van der Waals surface area contributed by atoms with E-state index in [1.54, 1.807) is 18.2 Å². The van der Waals surface area contributed by atoms with Gasteiger partial charge >= 0.3 is 0 Å². The molecular weight excluding hydrogens is 374 g/mol. The number of fused-ring (bicyclic) bond motifs is 2. The summed E-state index contributed by atoms with van der Waals surface area (Å²) in [4.78, 5) is 28.5. The van der Waals surface area contributed by atoms with Gasteiger partial charge in [0, 0.05) is 46.2 Å². The Morgan fingerprint density at radius 2 is 1.79 bits per heavy atom. The van der Waals surface area contributed by atoms with E-state index in [1.807, 2.05) is 36.4 Å². The van der Waals surface area contributed by atoms with Crippen molar-refractivity contribution >= 4 is 40.8 Å². The van der Waals surface area contributed by atoms with Crippen LogP contribution in [0.25, 0.3) is 22.8 Å². The van der Waals surface area contributed by atoms with Crippen LogP contribution in [0.5, 0.6) is 0 Å². The Morgan fingerprint density at radius 3 is 2.61 bits per heavy atom. The van der Waals surface area contributed by atoms with Crippen LogP contribution in [0, 0.1) is 0 Å². The Kier molecular flexibility index (Phi) is 3.84. The van der Waals surface area contributed by atoms with Crippen molar-refractivity contribution in [1.29, 1.82) is 0 Å². The van der Waals surface area contributed by atoms with Gasteiger partial charge in [-0.25, -0.2) is 0 Å². The molecule has 3 N–H and O–H groups in total. The Balaban J connectivity index is 1.74. The standard InChI is InChI=1S/C22H16ClN3O2/c23-13-6-7-16-14(10-13)15(21(27)26-16)11-18-19(12-4-2-1-3-5-12)20-17(25-18)8-9-24-22(20)28/h1-7,10-11,25H,8-9H2,(H,24,28)(H,26,27). The normalized spacial score (nSPS) is 16.5. The number of rotatable bonds is 2. The second kappa shape index (κ2) is 6.39. The van der Waals surface area contributed by atoms with Crippen LogP contribution in [0.2, 0.25) is 5.02 Å². The highest BCUT2D eigenvalue weighted by molar-refractivity contribution is 6.37. The minimum Gasteiger partial charge on any atom is -0.358 e. The van der Waals surface area contributed by atoms with Crippen LogP contribution >= 0.6 is 11.6 Å². The van der Waals surface area contributed by atoms with Gasteiger partial charge in [0.05, 0.1) is 11.1 Å². The maximum Gasteiger partial charge on any atom is 0.256 e. The number of benzene rings is 2. The highest BCUT2D eigenvalue weighted by atomic mass is 35.5. The van der Waals surface area contributed by atoms with Crippen molar-refractivity contribution in [3.8, 4) is 11.1 Å². The van der Waals surface area contributed by atoms with E-state index in [9.17, 15) is 9.59 Å². The summed E-state index contributed by atoms with van der Waals surface area (Å²) in [6, 6.07) is 15.0. The summed E-state index contributed by atoms with van der Waals surface area (Å²) in [6.45, 7) is 0.593. The summed E-state index contributed by atoms with van der Waals surface area (Å²) in [7, 11) is 0. The van der Waals surface area contributed by atoms with Crippen LogP contribution in [-0.4, -0.2) is 23.3 Å². The minimum atomic E-state index is -0.187. The summed E-state index contributed by atoms with van der Waals surface area (Å²) in [5, 5.41) is 6.34. The third kappa shape index (κ3) is 2.63. The molecule has 138 valence electrons. The topological polar surface area (TPSA) is 74.0 Å². The highest BCUT2D eigenvalue weighted by Crippen LogP contribution is 2.38. The van der Waals surface area contributed by atoms with Crippen LogP contribution in [-0.2, 0) is 11.2 Å². The van der Waals surface area contributed by atoms with E-state index in [2.05, 4.69) is 15.6 Å². The first-order valence-electron chi connectivity index (χ1n) is 9.03. The second-order valence-corrected chi connectivity index (χ2v) is 7.28. The van der Waals surface area contributed by atoms with Crippen molar-refractivity contribution in [3.05, 3.63) is 76.1 Å². The predicted octanol–water partition coefficient (Wildman–Crippen LogP) is 4.11. The molecule has 0 saturated carbocycles. The third-order valence-electron chi connectivity index (χ3n) is 5.11. The molecule has 0 spiro atoms. The molecule has 0 radical (unpaired) electrons. The van der Waals surface area contributed by atoms with Gasteiger partial charge in [-0.2, -0.15) is 0 Å². The Bertz CT molecular complexity index is 1160. The van der Waals surface area contributed by atoms with E-state index in [1.165, 1.54) is 0 Å². The SMILES string of the molecule is O=C1Nc2ccc(Cl)cc2C1=Cc1[nH]c2c(c1-c1ccccc1)C(=O)NCC2. The highest BCUT2D eigenvalue weighted by Gasteiger charge is 2.29. The van der Waals surface area contributed by atoms with Gasteiger partial charge in [0.25, 0.3) is 11.8 Å². The number of halogens is 1. The smallest absolute Gasteiger partial charge is 0.256 e. The molecule has 2 aromatic carbocycles. The van der Waals surface area contributed by atoms with Gasteiger partial charge in [0.15, 0.2) is 0 Å². The summed E-state index contributed by atoms with van der Waals surface area (Å²) >= 11 is 6.14. The lowest BCUT2D eigenvalue weighted by molar-refractivity contribution is -0.110. The van der Waals surface area contributed by atoms with Crippen molar-refractivity contribution in [2.75, 3.05) is 11.9 Å². The number of amides is 2. The van der Waals surface area contributed by atoms with Crippen LogP contribution in [0.15, 0.2) is 48.5 Å². The van der Waals surface area contributed by atoms with E-state index in [0.717, 1.165) is 40.2 Å². The fourth-order valence-corrected chi connectivity index (χ4v) is 4.03. The lowest BCUT2D eigenvalue weighted by atomic mass is 9.96. The lowest BCUT2D eigenvalue weighted by Gasteiger charge is -2.13. The number of hydrogen-bond donors (Lipinski definition) is 3. The zero-order chi connectivity index (χ0) is 19.3. The number of H-pyrrole nitrogens is 1. The van der Waals surface area contributed by atoms with Crippen LogP contribution in [0.3, 0.4) is 0 Å². The summed E-state index contributed by atoms with van der Waals surface area (Å²) in [6.07, 6.45) is 2.53. The fourth-order valence-electron chi connectivity index (χ4n) is 3.86. The molecule has 28 heavy (non-hydrogen) atoms. The molecule has 1 aromatic heterocycles. The van der Waals surface area contributed by atoms with Crippen LogP contribution in [0.1, 0.15) is 27.3 Å². The lowest BCUT2D eigenvalue weighted by Crippen LogP contribution is -2.31. The van der Waals surface area contributed by atoms with E-state index in [4.69, 9.17) is 11.6 Å². The number of carbonyl (C=O) groups excluding carboxylic acids is 2. The second-order valence-electron chi connectivity index (χ2n) is 6.84. The maximum absolute atomic E-state index is 12.6. The third-order valence-corrected chi connectivity index (χ3v) is 5.35. The quantitative estimate of drug-likeness (QED) is 0.577. The van der Waals surface area contributed by atoms with E-state index in [0.29, 0.717) is 22.7 Å². The van der Waals surface area contributed by atoms with E-state index < -0.39 is 0 Å². The Labute approximate surface area is 166 Å². The summed E-state index contributed by atoms with van der Waals surface area (Å²) in [5.74, 6) is -0.284. The first-order chi connectivity index (χ1) is 13.6. The van der Waals surface area contributed by atoms with Crippen molar-refractivity contribution < 1.29 is 9.59 Å². The molecule has 0 bridgehead atoms. The number of anilines is 1. The molecule has 3 heterocycles. The van der Waals surface area contributed by atoms with Gasteiger partial charge < -0.3 is 15.6 Å². The number of aromatic nitrogens is 1. The minimum absolute atomic E-state index is 0.0969. The number of nitrogens with one attached hydrogen (secondary N) is 3. The fraction of sp³-hybridized carbons (Fsp3) is 0.0909. The Hall–Kier alpha value is -3.31. The molecule has 2 aliphatic rings. The average Bonchev–Trinajstić information content (AvgIpc) is 3.21. The van der Waals surface area contributed by atoms with Gasteiger partial charge in [-0.05, 0) is 29.8 Å². The zero-order valence-corrected chi connectivity index (χ0v) is 15.6. The van der Waals surface area contributed by atoms with Crippen molar-refractivity contribution in [3.63, 3.8) is 0 Å². The van der Waals surface area contributed by atoms with Gasteiger partial charge in [-0.1, -0.05) is 41.9 Å². The summed E-state index contributed by atoms with van der Waals surface area (Å²) < 4.78 is 0. The van der Waals surface area contributed by atoms with Gasteiger partial charge in [-0.15, -0.1) is 0 Å². The number of hydrogen-bond acceptors (Lipinski definition) is 2. The molecule has 2 aliphatic heterocycles. The molecule has 0 unspecified atom stereocenters. The monoisotopic (exact) mass is 389 g/mol. The molecule has 0 aliphatic carbocycles. The van der Waals surface area contributed by atoms with Crippen molar-refractivity contribution in [2.45, 2.75) is 6.42 Å². The summed E-state index contributed by atoms with van der Waals surface area (Å²) in [5.41, 5.74) is 6.02. The predicted molar refractivity (Wildman–Crippen MR) is 110 cm³/mol. The van der Waals surface area contributed by atoms with Crippen molar-refractivity contribution in [1.82, 2.24) is 10.3 Å². The molecule has 2 amide bonds. The maximum atomic E-state index is 12.6. The average molecular weight is 390 g/mol. The van der Waals surface area contributed by atoms with Crippen molar-refractivity contribution in [2.24, 2.45) is 0 Å². The molecule has 0 atom stereocenters. The number of carbonyl (C=O) groups is 2. The van der Waals surface area contributed by atoms with Gasteiger partial charge in [0.1, 0.15) is 0 Å². The number of aromatic amines is 1. The van der Waals surface area contributed by atoms with Gasteiger partial charge in [-0.3, -0.25) is 9.59 Å². The van der Waals surface area contributed by atoms with Crippen LogP contribution in [0.4, 0.5) is 5.69 Å². The van der Waals surface area contributed by atoms with Gasteiger partial charge in [0.2, 0.25) is 0 Å². The molecule has 0 saturated heterocycles. The molecular formula is C22H16ClN3O2.